The lowest BCUT2D eigenvalue weighted by Gasteiger charge is -2.19. The van der Waals surface area contributed by atoms with E-state index in [1.807, 2.05) is 53.4 Å². The van der Waals surface area contributed by atoms with Gasteiger partial charge in [0.15, 0.2) is 0 Å². The first kappa shape index (κ1) is 18.5. The van der Waals surface area contributed by atoms with Crippen LogP contribution in [-0.2, 0) is 6.54 Å². The molecule has 2 aromatic carbocycles. The van der Waals surface area contributed by atoms with Crippen LogP contribution in [0.1, 0.15) is 15.4 Å². The number of ether oxygens (including phenoxy) is 1. The molecule has 0 atom stereocenters. The van der Waals surface area contributed by atoms with Crippen molar-refractivity contribution in [2.24, 2.45) is 0 Å². The fourth-order valence-corrected chi connectivity index (χ4v) is 4.32. The second kappa shape index (κ2) is 7.66. The molecule has 0 bridgehead atoms. The third-order valence-electron chi connectivity index (χ3n) is 4.44. The van der Waals surface area contributed by atoms with Crippen LogP contribution >= 0.6 is 22.9 Å². The number of carbonyl (C=O) groups excluding carboxylic acids is 1. The highest BCUT2D eigenvalue weighted by molar-refractivity contribution is 7.18. The lowest BCUT2D eigenvalue weighted by molar-refractivity contribution is 0.0781. The summed E-state index contributed by atoms with van der Waals surface area (Å²) in [6.07, 6.45) is 3.78. The minimum atomic E-state index is -0.169. The summed E-state index contributed by atoms with van der Waals surface area (Å²) in [4.78, 5) is 19.3. The fraction of sp³-hybridized carbons (Fsp3) is 0.143. The van der Waals surface area contributed by atoms with E-state index in [1.165, 1.54) is 0 Å². The molecule has 5 nitrogen and oxygen atoms in total. The van der Waals surface area contributed by atoms with Crippen molar-refractivity contribution in [1.82, 2.24) is 14.5 Å². The first-order valence-corrected chi connectivity index (χ1v) is 9.87. The summed E-state index contributed by atoms with van der Waals surface area (Å²) < 4.78 is 8.46. The van der Waals surface area contributed by atoms with Gasteiger partial charge in [-0.25, -0.2) is 4.98 Å². The molecular formula is C21H18ClN3O2S. The summed E-state index contributed by atoms with van der Waals surface area (Å²) in [5.41, 5.74) is 2.13. The number of methoxy groups -OCH3 is 1. The van der Waals surface area contributed by atoms with Crippen molar-refractivity contribution in [2.45, 2.75) is 6.54 Å². The van der Waals surface area contributed by atoms with Gasteiger partial charge in [0.1, 0.15) is 10.8 Å². The third-order valence-corrected chi connectivity index (χ3v) is 5.76. The number of para-hydroxylation sites is 1. The second-order valence-corrected chi connectivity index (χ2v) is 7.85. The van der Waals surface area contributed by atoms with Gasteiger partial charge >= 0.3 is 0 Å². The maximum Gasteiger partial charge on any atom is 0.257 e. The number of benzene rings is 2. The molecule has 2 aromatic heterocycles. The van der Waals surface area contributed by atoms with Gasteiger partial charge in [0.2, 0.25) is 0 Å². The number of hydrogen-bond donors (Lipinski definition) is 0. The number of halogens is 1. The Morgan fingerprint density at radius 2 is 1.96 bits per heavy atom. The van der Waals surface area contributed by atoms with Gasteiger partial charge in [-0.15, -0.1) is 11.3 Å². The van der Waals surface area contributed by atoms with Crippen molar-refractivity contribution >= 4 is 39.1 Å². The first-order chi connectivity index (χ1) is 13.6. The van der Waals surface area contributed by atoms with Crippen LogP contribution in [0.3, 0.4) is 0 Å². The average Bonchev–Trinajstić information content (AvgIpc) is 3.36. The van der Waals surface area contributed by atoms with Crippen molar-refractivity contribution in [1.29, 1.82) is 0 Å². The normalized spacial score (nSPS) is 11.0. The van der Waals surface area contributed by atoms with E-state index in [0.717, 1.165) is 20.9 Å². The molecule has 4 rings (SSSR count). The van der Waals surface area contributed by atoms with E-state index in [2.05, 4.69) is 4.98 Å². The lowest BCUT2D eigenvalue weighted by Crippen LogP contribution is -2.26. The average molecular weight is 412 g/mol. The van der Waals surface area contributed by atoms with Gasteiger partial charge in [-0.1, -0.05) is 23.7 Å². The summed E-state index contributed by atoms with van der Waals surface area (Å²) >= 11 is 8.04. The third kappa shape index (κ3) is 3.48. The fourth-order valence-electron chi connectivity index (χ4n) is 3.04. The molecule has 0 spiro atoms. The molecule has 2 heterocycles. The largest absolute Gasteiger partial charge is 0.496 e. The van der Waals surface area contributed by atoms with Gasteiger partial charge in [0.25, 0.3) is 5.91 Å². The Morgan fingerprint density at radius 1 is 1.21 bits per heavy atom. The van der Waals surface area contributed by atoms with Crippen molar-refractivity contribution in [3.8, 4) is 11.4 Å². The number of aromatic nitrogens is 2. The summed E-state index contributed by atoms with van der Waals surface area (Å²) in [5, 5.41) is 1.36. The van der Waals surface area contributed by atoms with Gasteiger partial charge in [0.05, 0.1) is 40.1 Å². The molecular weight excluding hydrogens is 394 g/mol. The minimum absolute atomic E-state index is 0.169. The standard InChI is InChI=1S/C21H18ClN3O2S/c1-24(13-20-23-16-7-3-4-8-19(16)28-20)21(26)14-11-15(22)17(12-18(14)27-2)25-9-5-6-10-25/h3-12H,13H2,1-2H3. The molecule has 0 unspecified atom stereocenters. The Labute approximate surface area is 171 Å². The summed E-state index contributed by atoms with van der Waals surface area (Å²) in [5.74, 6) is 0.311. The minimum Gasteiger partial charge on any atom is -0.496 e. The number of rotatable bonds is 5. The monoisotopic (exact) mass is 411 g/mol. The molecule has 0 radical (unpaired) electrons. The van der Waals surface area contributed by atoms with E-state index >= 15 is 0 Å². The molecule has 7 heteroatoms. The smallest absolute Gasteiger partial charge is 0.257 e. The molecule has 1 amide bonds. The predicted molar refractivity (Wildman–Crippen MR) is 113 cm³/mol. The quantitative estimate of drug-likeness (QED) is 0.463. The van der Waals surface area contributed by atoms with Crippen LogP contribution in [0.2, 0.25) is 5.02 Å². The zero-order valence-electron chi connectivity index (χ0n) is 15.4. The van der Waals surface area contributed by atoms with E-state index in [9.17, 15) is 4.79 Å². The van der Waals surface area contributed by atoms with Crippen molar-refractivity contribution in [3.63, 3.8) is 0 Å². The molecule has 0 saturated carbocycles. The van der Waals surface area contributed by atoms with E-state index < -0.39 is 0 Å². The summed E-state index contributed by atoms with van der Waals surface area (Å²) in [6.45, 7) is 0.415. The molecule has 0 N–H and O–H groups in total. The molecule has 0 aliphatic carbocycles. The number of fused-ring (bicyclic) bond motifs is 1. The van der Waals surface area contributed by atoms with E-state index in [1.54, 1.807) is 42.5 Å². The predicted octanol–water partition coefficient (Wildman–Crippen LogP) is 5.02. The maximum atomic E-state index is 13.1. The Morgan fingerprint density at radius 3 is 2.68 bits per heavy atom. The number of hydrogen-bond acceptors (Lipinski definition) is 4. The van der Waals surface area contributed by atoms with Gasteiger partial charge in [-0.05, 0) is 30.3 Å². The van der Waals surface area contributed by atoms with Gasteiger partial charge in [-0.2, -0.15) is 0 Å². The Kier molecular flexibility index (Phi) is 5.07. The highest BCUT2D eigenvalue weighted by atomic mass is 35.5. The van der Waals surface area contributed by atoms with Crippen LogP contribution in [0, 0.1) is 0 Å². The van der Waals surface area contributed by atoms with E-state index in [0.29, 0.717) is 22.9 Å². The van der Waals surface area contributed by atoms with Gasteiger partial charge in [-0.3, -0.25) is 4.79 Å². The van der Waals surface area contributed by atoms with E-state index in [4.69, 9.17) is 16.3 Å². The number of carbonyl (C=O) groups is 1. The highest BCUT2D eigenvalue weighted by Gasteiger charge is 2.21. The van der Waals surface area contributed by atoms with Gasteiger partial charge in [0, 0.05) is 25.5 Å². The Bertz CT molecular complexity index is 1100. The van der Waals surface area contributed by atoms with Crippen LogP contribution in [0.15, 0.2) is 60.9 Å². The SMILES string of the molecule is COc1cc(-n2cccc2)c(Cl)cc1C(=O)N(C)Cc1nc2ccccc2s1. The zero-order valence-corrected chi connectivity index (χ0v) is 17.0. The first-order valence-electron chi connectivity index (χ1n) is 8.67. The Hall–Kier alpha value is -2.83. The highest BCUT2D eigenvalue weighted by Crippen LogP contribution is 2.31. The molecule has 4 aromatic rings. The topological polar surface area (TPSA) is 47.4 Å². The summed E-state index contributed by atoms with van der Waals surface area (Å²) in [7, 11) is 3.30. The van der Waals surface area contributed by atoms with Crippen LogP contribution in [0.5, 0.6) is 5.75 Å². The van der Waals surface area contributed by atoms with Crippen LogP contribution in [0.25, 0.3) is 15.9 Å². The van der Waals surface area contributed by atoms with Crippen molar-refractivity contribution in [3.05, 3.63) is 76.5 Å². The number of nitrogens with zero attached hydrogens (tertiary/aromatic N) is 3. The van der Waals surface area contributed by atoms with Crippen LogP contribution in [-0.4, -0.2) is 34.5 Å². The molecule has 0 saturated heterocycles. The second-order valence-electron chi connectivity index (χ2n) is 6.33. The molecule has 0 aliphatic rings. The van der Waals surface area contributed by atoms with Crippen LogP contribution < -0.4 is 4.74 Å². The van der Waals surface area contributed by atoms with E-state index in [-0.39, 0.29) is 5.91 Å². The van der Waals surface area contributed by atoms with Crippen molar-refractivity contribution < 1.29 is 9.53 Å². The van der Waals surface area contributed by atoms with Gasteiger partial charge < -0.3 is 14.2 Å². The molecule has 28 heavy (non-hydrogen) atoms. The number of amides is 1. The zero-order chi connectivity index (χ0) is 19.7. The number of thiazole rings is 1. The molecule has 142 valence electrons. The van der Waals surface area contributed by atoms with Crippen LogP contribution in [0.4, 0.5) is 0 Å². The molecule has 0 fully saturated rings. The Balaban J connectivity index is 1.62. The summed E-state index contributed by atoms with van der Waals surface area (Å²) in [6, 6.07) is 15.2. The van der Waals surface area contributed by atoms with Crippen molar-refractivity contribution in [2.75, 3.05) is 14.2 Å². The maximum absolute atomic E-state index is 13.1. The lowest BCUT2D eigenvalue weighted by atomic mass is 10.1. The molecule has 0 aliphatic heterocycles.